The summed E-state index contributed by atoms with van der Waals surface area (Å²) in [5.74, 6) is 0.102. The lowest BCUT2D eigenvalue weighted by molar-refractivity contribution is -0.145. The van der Waals surface area contributed by atoms with Gasteiger partial charge in [-0.15, -0.1) is 0 Å². The minimum Gasteiger partial charge on any atom is -0.447 e. The van der Waals surface area contributed by atoms with E-state index in [4.69, 9.17) is 4.74 Å². The van der Waals surface area contributed by atoms with E-state index in [1.54, 1.807) is 6.92 Å². The zero-order valence-corrected chi connectivity index (χ0v) is 15.2. The Bertz CT molecular complexity index is 576. The van der Waals surface area contributed by atoms with Gasteiger partial charge in [0.2, 0.25) is 0 Å². The molecule has 2 heterocycles. The van der Waals surface area contributed by atoms with Crippen molar-refractivity contribution in [2.75, 3.05) is 13.1 Å². The summed E-state index contributed by atoms with van der Waals surface area (Å²) in [6.07, 6.45) is 3.22. The molecule has 0 aromatic carbocycles. The molecule has 0 spiro atoms. The number of carbonyl (C=O) groups is 2. The lowest BCUT2D eigenvalue weighted by Crippen LogP contribution is -2.49. The Labute approximate surface area is 143 Å². The number of rotatable bonds is 4. The lowest BCUT2D eigenvalue weighted by Gasteiger charge is -2.37. The van der Waals surface area contributed by atoms with Crippen LogP contribution in [-0.4, -0.2) is 45.9 Å². The second-order valence-corrected chi connectivity index (χ2v) is 7.30. The Kier molecular flexibility index (Phi) is 5.91. The second-order valence-electron chi connectivity index (χ2n) is 7.30. The number of aromatic nitrogens is 2. The number of hydrogen-bond donors (Lipinski definition) is 0. The van der Waals surface area contributed by atoms with Gasteiger partial charge in [0.05, 0.1) is 11.9 Å². The smallest absolute Gasteiger partial charge is 0.359 e. The van der Waals surface area contributed by atoms with Gasteiger partial charge >= 0.3 is 5.97 Å². The van der Waals surface area contributed by atoms with E-state index in [1.807, 2.05) is 18.7 Å². The maximum absolute atomic E-state index is 12.9. The molecule has 3 atom stereocenters. The van der Waals surface area contributed by atoms with Crippen molar-refractivity contribution in [2.24, 2.45) is 17.8 Å². The summed E-state index contributed by atoms with van der Waals surface area (Å²) < 4.78 is 5.49. The van der Waals surface area contributed by atoms with Gasteiger partial charge in [-0.3, -0.25) is 9.78 Å². The van der Waals surface area contributed by atoms with E-state index in [-0.39, 0.29) is 17.5 Å². The van der Waals surface area contributed by atoms with Gasteiger partial charge in [0, 0.05) is 19.3 Å². The van der Waals surface area contributed by atoms with Crippen LogP contribution in [0.2, 0.25) is 0 Å². The third kappa shape index (κ3) is 4.52. The monoisotopic (exact) mass is 333 g/mol. The summed E-state index contributed by atoms with van der Waals surface area (Å²) in [4.78, 5) is 35.1. The summed E-state index contributed by atoms with van der Waals surface area (Å²) in [6, 6.07) is 0. The SMILES string of the molecule is Cc1cnc(C(=O)O[C@@H](C(=O)N2C[C@H](C)C[C@H](C)C2)C(C)C)cn1. The fourth-order valence-corrected chi connectivity index (χ4v) is 3.17. The van der Waals surface area contributed by atoms with Crippen LogP contribution in [0, 0.1) is 24.7 Å². The van der Waals surface area contributed by atoms with Crippen molar-refractivity contribution >= 4 is 11.9 Å². The molecule has 6 nitrogen and oxygen atoms in total. The zero-order chi connectivity index (χ0) is 17.9. The van der Waals surface area contributed by atoms with Gasteiger partial charge in [-0.05, 0) is 31.1 Å². The number of amides is 1. The molecule has 0 N–H and O–H groups in total. The molecule has 0 unspecified atom stereocenters. The molecule has 1 saturated heterocycles. The van der Waals surface area contributed by atoms with Gasteiger partial charge in [-0.25, -0.2) is 9.78 Å². The average Bonchev–Trinajstić information content (AvgIpc) is 2.51. The molecule has 0 radical (unpaired) electrons. The average molecular weight is 333 g/mol. The normalized spacial score (nSPS) is 22.3. The van der Waals surface area contributed by atoms with Gasteiger partial charge in [0.1, 0.15) is 0 Å². The fraction of sp³-hybridized carbons (Fsp3) is 0.667. The zero-order valence-electron chi connectivity index (χ0n) is 15.2. The van der Waals surface area contributed by atoms with Crippen molar-refractivity contribution in [2.45, 2.75) is 47.1 Å². The molecule has 1 amide bonds. The quantitative estimate of drug-likeness (QED) is 0.792. The molecule has 132 valence electrons. The molecular formula is C18H27N3O3. The van der Waals surface area contributed by atoms with Crippen LogP contribution in [-0.2, 0) is 9.53 Å². The minimum atomic E-state index is -0.793. The van der Waals surface area contributed by atoms with Gasteiger partial charge in [0.25, 0.3) is 5.91 Å². The molecule has 0 aliphatic carbocycles. The Balaban J connectivity index is 2.09. The number of aryl methyl sites for hydroxylation is 1. The van der Waals surface area contributed by atoms with Crippen molar-refractivity contribution in [1.29, 1.82) is 0 Å². The van der Waals surface area contributed by atoms with E-state index in [9.17, 15) is 9.59 Å². The third-order valence-corrected chi connectivity index (χ3v) is 4.25. The predicted octanol–water partition coefficient (Wildman–Crippen LogP) is 2.47. The first-order chi connectivity index (χ1) is 11.3. The second kappa shape index (κ2) is 7.73. The van der Waals surface area contributed by atoms with E-state index in [2.05, 4.69) is 23.8 Å². The number of ether oxygens (including phenoxy) is 1. The molecule has 0 bridgehead atoms. The maximum Gasteiger partial charge on any atom is 0.359 e. The molecular weight excluding hydrogens is 306 g/mol. The fourth-order valence-electron chi connectivity index (χ4n) is 3.17. The first kappa shape index (κ1) is 18.4. The van der Waals surface area contributed by atoms with E-state index >= 15 is 0 Å². The van der Waals surface area contributed by atoms with Crippen molar-refractivity contribution in [1.82, 2.24) is 14.9 Å². The maximum atomic E-state index is 12.9. The molecule has 1 aromatic heterocycles. The first-order valence-electron chi connectivity index (χ1n) is 8.56. The molecule has 24 heavy (non-hydrogen) atoms. The first-order valence-corrected chi connectivity index (χ1v) is 8.56. The van der Waals surface area contributed by atoms with E-state index in [0.29, 0.717) is 24.9 Å². The number of likely N-dealkylation sites (tertiary alicyclic amines) is 1. The van der Waals surface area contributed by atoms with Gasteiger partial charge in [-0.1, -0.05) is 27.7 Å². The predicted molar refractivity (Wildman–Crippen MR) is 90.3 cm³/mol. The molecule has 1 aliphatic rings. The van der Waals surface area contributed by atoms with Crippen LogP contribution in [0.5, 0.6) is 0 Å². The molecule has 0 saturated carbocycles. The van der Waals surface area contributed by atoms with Crippen molar-refractivity contribution in [3.63, 3.8) is 0 Å². The summed E-state index contributed by atoms with van der Waals surface area (Å²) in [6.45, 7) is 11.3. The van der Waals surface area contributed by atoms with Crippen molar-refractivity contribution < 1.29 is 14.3 Å². The highest BCUT2D eigenvalue weighted by molar-refractivity contribution is 5.90. The number of carbonyl (C=O) groups excluding carboxylic acids is 2. The number of piperidine rings is 1. The van der Waals surface area contributed by atoms with E-state index in [0.717, 1.165) is 12.1 Å². The molecule has 2 rings (SSSR count). The number of hydrogen-bond acceptors (Lipinski definition) is 5. The number of esters is 1. The highest BCUT2D eigenvalue weighted by Gasteiger charge is 2.34. The Morgan fingerprint density at radius 1 is 1.17 bits per heavy atom. The standard InChI is InChI=1S/C18H27N3O3/c1-11(2)16(17(22)21-9-12(3)6-13(4)10-21)24-18(23)15-8-19-14(5)7-20-15/h7-8,11-13,16H,6,9-10H2,1-5H3/t12-,13+,16-/m1/s1. The van der Waals surface area contributed by atoms with Crippen LogP contribution in [0.25, 0.3) is 0 Å². The minimum absolute atomic E-state index is 0.104. The Hall–Kier alpha value is -1.98. The summed E-state index contributed by atoms with van der Waals surface area (Å²) in [5.41, 5.74) is 0.846. The summed E-state index contributed by atoms with van der Waals surface area (Å²) >= 11 is 0. The third-order valence-electron chi connectivity index (χ3n) is 4.25. The van der Waals surface area contributed by atoms with Crippen LogP contribution < -0.4 is 0 Å². The van der Waals surface area contributed by atoms with Crippen molar-refractivity contribution in [3.05, 3.63) is 23.8 Å². The molecule has 1 aromatic rings. The molecule has 1 fully saturated rings. The highest BCUT2D eigenvalue weighted by atomic mass is 16.5. The van der Waals surface area contributed by atoms with Crippen LogP contribution >= 0.6 is 0 Å². The van der Waals surface area contributed by atoms with E-state index < -0.39 is 12.1 Å². The lowest BCUT2D eigenvalue weighted by atomic mass is 9.91. The summed E-state index contributed by atoms with van der Waals surface area (Å²) in [7, 11) is 0. The van der Waals surface area contributed by atoms with Gasteiger partial charge < -0.3 is 9.64 Å². The highest BCUT2D eigenvalue weighted by Crippen LogP contribution is 2.23. The topological polar surface area (TPSA) is 72.4 Å². The Morgan fingerprint density at radius 2 is 1.79 bits per heavy atom. The van der Waals surface area contributed by atoms with Crippen LogP contribution in [0.4, 0.5) is 0 Å². The summed E-state index contributed by atoms with van der Waals surface area (Å²) in [5, 5.41) is 0. The van der Waals surface area contributed by atoms with Crippen LogP contribution in [0.3, 0.4) is 0 Å². The Morgan fingerprint density at radius 3 is 2.29 bits per heavy atom. The van der Waals surface area contributed by atoms with E-state index in [1.165, 1.54) is 12.4 Å². The van der Waals surface area contributed by atoms with Crippen LogP contribution in [0.15, 0.2) is 12.4 Å². The molecule has 1 aliphatic heterocycles. The van der Waals surface area contributed by atoms with Crippen LogP contribution in [0.1, 0.15) is 50.3 Å². The van der Waals surface area contributed by atoms with Gasteiger partial charge in [0.15, 0.2) is 11.8 Å². The van der Waals surface area contributed by atoms with Crippen molar-refractivity contribution in [3.8, 4) is 0 Å². The molecule has 6 heteroatoms. The number of nitrogens with zero attached hydrogens (tertiary/aromatic N) is 3. The largest absolute Gasteiger partial charge is 0.447 e. The van der Waals surface area contributed by atoms with Gasteiger partial charge in [-0.2, -0.15) is 0 Å².